The van der Waals surface area contributed by atoms with Gasteiger partial charge in [0.2, 0.25) is 0 Å². The monoisotopic (exact) mass is 1070 g/mol. The van der Waals surface area contributed by atoms with Crippen LogP contribution in [0.2, 0.25) is 0 Å². The molecule has 0 fully saturated rings. The smallest absolute Gasteiger partial charge is 0.462 e. The van der Waals surface area contributed by atoms with Crippen LogP contribution in [0, 0.1) is 5.92 Å². The van der Waals surface area contributed by atoms with E-state index in [1.807, 2.05) is 0 Å². The minimum Gasteiger partial charge on any atom is -0.462 e. The fourth-order valence-electron chi connectivity index (χ4n) is 7.61. The number of hydrogen-bond acceptors (Lipinski definition) is 15. The second-order valence-electron chi connectivity index (χ2n) is 19.5. The zero-order valence-electron chi connectivity index (χ0n) is 45.5. The Morgan fingerprint density at radius 3 is 0.986 bits per heavy atom. The minimum atomic E-state index is -4.93. The Morgan fingerprint density at radius 1 is 0.389 bits per heavy atom. The van der Waals surface area contributed by atoms with Gasteiger partial charge in [-0.1, -0.05) is 202 Å². The molecule has 0 heterocycles. The summed E-state index contributed by atoms with van der Waals surface area (Å²) in [7, 11) is -9.85. The molecule has 0 amide bonds. The second kappa shape index (κ2) is 47.5. The summed E-state index contributed by atoms with van der Waals surface area (Å²) in [5, 5.41) is 10.4. The van der Waals surface area contributed by atoms with E-state index >= 15 is 0 Å². The molecule has 0 saturated heterocycles. The summed E-state index contributed by atoms with van der Waals surface area (Å²) < 4.78 is 67.2. The lowest BCUT2D eigenvalue weighted by Gasteiger charge is -2.21. The van der Waals surface area contributed by atoms with Gasteiger partial charge >= 0.3 is 39.5 Å². The third kappa shape index (κ3) is 46.6. The maximum atomic E-state index is 12.8. The maximum Gasteiger partial charge on any atom is 0.472 e. The van der Waals surface area contributed by atoms with E-state index in [1.165, 1.54) is 64.2 Å². The lowest BCUT2D eigenvalue weighted by atomic mass is 10.00. The summed E-state index contributed by atoms with van der Waals surface area (Å²) >= 11 is 0. The zero-order chi connectivity index (χ0) is 53.6. The number of phosphoric ester groups is 2. The van der Waals surface area contributed by atoms with Gasteiger partial charge in [-0.2, -0.15) is 0 Å². The van der Waals surface area contributed by atoms with E-state index in [-0.39, 0.29) is 25.7 Å². The van der Waals surface area contributed by atoms with Crippen molar-refractivity contribution in [1.29, 1.82) is 0 Å². The van der Waals surface area contributed by atoms with E-state index in [4.69, 9.17) is 37.0 Å². The largest absolute Gasteiger partial charge is 0.472 e. The highest BCUT2D eigenvalue weighted by molar-refractivity contribution is 7.47. The normalized spacial score (nSPS) is 14.9. The van der Waals surface area contributed by atoms with Gasteiger partial charge in [0.25, 0.3) is 0 Å². The average molecular weight is 1070 g/mol. The van der Waals surface area contributed by atoms with E-state index in [0.29, 0.717) is 25.7 Å². The minimum absolute atomic E-state index is 0.103. The van der Waals surface area contributed by atoms with Gasteiger partial charge in [-0.25, -0.2) is 9.13 Å². The van der Waals surface area contributed by atoms with Gasteiger partial charge in [-0.05, 0) is 31.6 Å². The molecule has 72 heavy (non-hydrogen) atoms. The van der Waals surface area contributed by atoms with Crippen LogP contribution < -0.4 is 0 Å². The van der Waals surface area contributed by atoms with Gasteiger partial charge in [-0.3, -0.25) is 37.3 Å². The summed E-state index contributed by atoms with van der Waals surface area (Å²) in [6.45, 7) is 6.92. The number of hydrogen-bond donors (Lipinski definition) is 3. The molecule has 0 saturated carbocycles. The van der Waals surface area contributed by atoms with Crippen molar-refractivity contribution < 1.29 is 80.2 Å². The third-order valence-electron chi connectivity index (χ3n) is 12.4. The number of rotatable bonds is 53. The zero-order valence-corrected chi connectivity index (χ0v) is 47.3. The highest BCUT2D eigenvalue weighted by Gasteiger charge is 2.30. The number of aliphatic hydroxyl groups is 1. The van der Waals surface area contributed by atoms with Crippen LogP contribution in [-0.2, 0) is 65.4 Å². The van der Waals surface area contributed by atoms with E-state index in [0.717, 1.165) is 109 Å². The molecule has 0 aromatic rings. The van der Waals surface area contributed by atoms with Crippen LogP contribution in [0.1, 0.15) is 253 Å². The Kier molecular flexibility index (Phi) is 46.2. The fourth-order valence-corrected chi connectivity index (χ4v) is 9.18. The molecule has 3 unspecified atom stereocenters. The van der Waals surface area contributed by atoms with Crippen molar-refractivity contribution in [2.45, 2.75) is 271 Å². The third-order valence-corrected chi connectivity index (χ3v) is 14.3. The summed E-state index contributed by atoms with van der Waals surface area (Å²) in [6, 6.07) is 0. The van der Waals surface area contributed by atoms with Crippen LogP contribution in [-0.4, -0.2) is 96.7 Å². The second-order valence-corrected chi connectivity index (χ2v) is 22.4. The molecule has 0 aliphatic carbocycles. The standard InChI is InChI=1S/C53H102O17P2/c1-6-10-13-16-18-20-22-27-32-37-51(56)64-43-49(70-53(58)39-34-29-24-23-26-30-35-46(5)9-4)45-68-72(61,62)66-41-47(54)40-65-71(59,60)67-44-48(42-63-50(55)36-31-25-15-12-8-3)69-52(57)38-33-28-21-19-17-14-11-7-2/h46-49,54H,6-45H2,1-5H3,(H,59,60)(H,61,62)/t46?,47-,48+,49+/m0/s1. The van der Waals surface area contributed by atoms with Crippen LogP contribution in [0.25, 0.3) is 0 Å². The molecule has 0 aromatic heterocycles. The van der Waals surface area contributed by atoms with Crippen molar-refractivity contribution in [2.24, 2.45) is 5.92 Å². The lowest BCUT2D eigenvalue weighted by molar-refractivity contribution is -0.161. The van der Waals surface area contributed by atoms with Gasteiger partial charge in [0.15, 0.2) is 12.2 Å². The van der Waals surface area contributed by atoms with Gasteiger partial charge in [0.1, 0.15) is 19.3 Å². The Balaban J connectivity index is 5.19. The van der Waals surface area contributed by atoms with Crippen molar-refractivity contribution >= 4 is 39.5 Å². The van der Waals surface area contributed by atoms with Crippen molar-refractivity contribution in [2.75, 3.05) is 39.6 Å². The summed E-state index contributed by atoms with van der Waals surface area (Å²) in [4.78, 5) is 71.3. The van der Waals surface area contributed by atoms with Crippen LogP contribution in [0.4, 0.5) is 0 Å². The Bertz CT molecular complexity index is 1430. The van der Waals surface area contributed by atoms with Crippen molar-refractivity contribution in [3.63, 3.8) is 0 Å². The number of esters is 4. The van der Waals surface area contributed by atoms with E-state index in [9.17, 15) is 43.2 Å². The summed E-state index contributed by atoms with van der Waals surface area (Å²) in [5.41, 5.74) is 0. The number of carbonyl (C=O) groups excluding carboxylic acids is 4. The maximum absolute atomic E-state index is 12.8. The number of ether oxygens (including phenoxy) is 4. The molecule has 0 rings (SSSR count). The van der Waals surface area contributed by atoms with Crippen molar-refractivity contribution in [3.8, 4) is 0 Å². The molecule has 17 nitrogen and oxygen atoms in total. The number of aliphatic hydroxyl groups excluding tert-OH is 1. The fraction of sp³-hybridized carbons (Fsp3) is 0.925. The predicted octanol–water partition coefficient (Wildman–Crippen LogP) is 13.5. The molecule has 0 aliphatic heterocycles. The predicted molar refractivity (Wildman–Crippen MR) is 280 cm³/mol. The highest BCUT2D eigenvalue weighted by Crippen LogP contribution is 2.45. The van der Waals surface area contributed by atoms with Crippen LogP contribution in [0.3, 0.4) is 0 Å². The average Bonchev–Trinajstić information content (AvgIpc) is 3.35. The molecule has 19 heteroatoms. The highest BCUT2D eigenvalue weighted by atomic mass is 31.2. The first-order chi connectivity index (χ1) is 34.6. The molecule has 426 valence electrons. The van der Waals surface area contributed by atoms with E-state index in [1.54, 1.807) is 0 Å². The number of unbranched alkanes of at least 4 members (excludes halogenated alkanes) is 24. The number of phosphoric acid groups is 2. The van der Waals surface area contributed by atoms with Gasteiger partial charge < -0.3 is 33.8 Å². The van der Waals surface area contributed by atoms with Gasteiger partial charge in [0.05, 0.1) is 26.4 Å². The molecular weight excluding hydrogens is 971 g/mol. The first kappa shape index (κ1) is 70.1. The van der Waals surface area contributed by atoms with Crippen LogP contribution in [0.15, 0.2) is 0 Å². The van der Waals surface area contributed by atoms with Crippen molar-refractivity contribution in [3.05, 3.63) is 0 Å². The first-order valence-corrected chi connectivity index (χ1v) is 31.2. The Labute approximate surface area is 435 Å². The first-order valence-electron chi connectivity index (χ1n) is 28.2. The van der Waals surface area contributed by atoms with E-state index < -0.39 is 97.5 Å². The molecule has 0 aromatic carbocycles. The van der Waals surface area contributed by atoms with Gasteiger partial charge in [-0.15, -0.1) is 0 Å². The van der Waals surface area contributed by atoms with Gasteiger partial charge in [0, 0.05) is 25.7 Å². The molecule has 6 atom stereocenters. The molecule has 0 radical (unpaired) electrons. The summed E-state index contributed by atoms with van der Waals surface area (Å²) in [5.74, 6) is -1.45. The Morgan fingerprint density at radius 2 is 0.667 bits per heavy atom. The lowest BCUT2D eigenvalue weighted by Crippen LogP contribution is -2.30. The molecule has 0 spiro atoms. The van der Waals surface area contributed by atoms with Crippen LogP contribution in [0.5, 0.6) is 0 Å². The number of carbonyl (C=O) groups is 4. The molecule has 0 bridgehead atoms. The SMILES string of the molecule is CCCCCCCCCCCC(=O)OC[C@H](COP(=O)(O)OC[C@@H](O)COP(=O)(O)OC[C@@H](COC(=O)CCCCCCC)OC(=O)CCCCCCCCCC)OC(=O)CCCCCCCCC(C)CC. The topological polar surface area (TPSA) is 237 Å². The summed E-state index contributed by atoms with van der Waals surface area (Å²) in [6.07, 6.45) is 27.1. The van der Waals surface area contributed by atoms with E-state index in [2.05, 4.69) is 34.6 Å². The molecular formula is C53H102O17P2. The van der Waals surface area contributed by atoms with Crippen molar-refractivity contribution in [1.82, 2.24) is 0 Å². The quantitative estimate of drug-likeness (QED) is 0.0222. The molecule has 0 aliphatic rings. The Hall–Kier alpha value is -1.94. The van der Waals surface area contributed by atoms with Crippen LogP contribution >= 0.6 is 15.6 Å². The molecule has 3 N–H and O–H groups in total.